The van der Waals surface area contributed by atoms with Crippen molar-refractivity contribution in [2.75, 3.05) is 14.1 Å². The summed E-state index contributed by atoms with van der Waals surface area (Å²) in [7, 11) is 3.89. The first-order chi connectivity index (χ1) is 10.6. The summed E-state index contributed by atoms with van der Waals surface area (Å²) >= 11 is 0. The van der Waals surface area contributed by atoms with Crippen LogP contribution in [0.2, 0.25) is 0 Å². The number of carbonyl (C=O) groups excluding carboxylic acids is 1. The maximum atomic E-state index is 12.9. The summed E-state index contributed by atoms with van der Waals surface area (Å²) < 4.78 is 0. The lowest BCUT2D eigenvalue weighted by Gasteiger charge is -2.22. The molecule has 0 amide bonds. The van der Waals surface area contributed by atoms with Crippen molar-refractivity contribution in [1.82, 2.24) is 9.80 Å². The molecule has 3 heteroatoms. The summed E-state index contributed by atoms with van der Waals surface area (Å²) in [5.74, 6) is 0.0714. The zero-order valence-corrected chi connectivity index (χ0v) is 13.0. The fourth-order valence-electron chi connectivity index (χ4n) is 2.77. The monoisotopic (exact) mass is 292 g/mol. The molecule has 0 radical (unpaired) electrons. The topological polar surface area (TPSA) is 23.6 Å². The van der Waals surface area contributed by atoms with E-state index in [4.69, 9.17) is 0 Å². The Morgan fingerprint density at radius 2 is 1.50 bits per heavy atom. The van der Waals surface area contributed by atoms with Crippen molar-refractivity contribution >= 4 is 5.78 Å². The van der Waals surface area contributed by atoms with Crippen LogP contribution >= 0.6 is 0 Å². The molecule has 0 atom stereocenters. The highest BCUT2D eigenvalue weighted by Crippen LogP contribution is 2.27. The normalized spacial score (nSPS) is 13.9. The second-order valence-electron chi connectivity index (χ2n) is 5.80. The van der Waals surface area contributed by atoms with Crippen LogP contribution in [0.3, 0.4) is 0 Å². The van der Waals surface area contributed by atoms with Crippen LogP contribution < -0.4 is 0 Å². The Balaban J connectivity index is 1.91. The Hall–Kier alpha value is -2.55. The van der Waals surface area contributed by atoms with Crippen LogP contribution in [0.25, 0.3) is 0 Å². The molecule has 1 heterocycles. The summed E-state index contributed by atoms with van der Waals surface area (Å²) in [6.45, 7) is 1.57. The summed E-state index contributed by atoms with van der Waals surface area (Å²) in [4.78, 5) is 17.0. The SMILES string of the molecule is CN(C)C=C(C(=O)c1ccccc1)N1Cc2ccccc2C1. The van der Waals surface area contributed by atoms with Crippen molar-refractivity contribution in [2.24, 2.45) is 0 Å². The Morgan fingerprint density at radius 3 is 2.05 bits per heavy atom. The molecular weight excluding hydrogens is 272 g/mol. The van der Waals surface area contributed by atoms with Gasteiger partial charge in [-0.05, 0) is 11.1 Å². The Morgan fingerprint density at radius 1 is 0.955 bits per heavy atom. The van der Waals surface area contributed by atoms with Gasteiger partial charge in [0.25, 0.3) is 0 Å². The van der Waals surface area contributed by atoms with Crippen LogP contribution in [0, 0.1) is 0 Å². The highest BCUT2D eigenvalue weighted by Gasteiger charge is 2.25. The molecule has 1 aliphatic heterocycles. The van der Waals surface area contributed by atoms with E-state index in [1.807, 2.05) is 55.5 Å². The number of hydrogen-bond donors (Lipinski definition) is 0. The molecule has 0 unspecified atom stereocenters. The lowest BCUT2D eigenvalue weighted by molar-refractivity contribution is 0.0986. The van der Waals surface area contributed by atoms with Gasteiger partial charge in [0.05, 0.1) is 0 Å². The Kier molecular flexibility index (Phi) is 3.96. The van der Waals surface area contributed by atoms with Gasteiger partial charge in [0.2, 0.25) is 5.78 Å². The minimum atomic E-state index is 0.0714. The molecule has 0 aromatic heterocycles. The van der Waals surface area contributed by atoms with Crippen LogP contribution in [0.5, 0.6) is 0 Å². The first-order valence-corrected chi connectivity index (χ1v) is 7.45. The summed E-state index contributed by atoms with van der Waals surface area (Å²) in [6, 6.07) is 17.8. The molecule has 0 saturated heterocycles. The molecule has 0 fully saturated rings. The number of benzene rings is 2. The predicted octanol–water partition coefficient (Wildman–Crippen LogP) is 3.29. The maximum Gasteiger partial charge on any atom is 0.210 e. The quantitative estimate of drug-likeness (QED) is 0.638. The van der Waals surface area contributed by atoms with Gasteiger partial charge in [-0.2, -0.15) is 0 Å². The molecule has 3 rings (SSSR count). The highest BCUT2D eigenvalue weighted by atomic mass is 16.1. The molecule has 3 nitrogen and oxygen atoms in total. The van der Waals surface area contributed by atoms with E-state index in [0.717, 1.165) is 24.4 Å². The summed E-state index contributed by atoms with van der Waals surface area (Å²) in [5.41, 5.74) is 4.07. The van der Waals surface area contributed by atoms with Crippen LogP contribution in [-0.2, 0) is 13.1 Å². The van der Waals surface area contributed by atoms with Gasteiger partial charge < -0.3 is 9.80 Å². The second-order valence-corrected chi connectivity index (χ2v) is 5.80. The number of fused-ring (bicyclic) bond motifs is 1. The smallest absolute Gasteiger partial charge is 0.210 e. The molecule has 0 bridgehead atoms. The number of carbonyl (C=O) groups is 1. The average molecular weight is 292 g/mol. The summed E-state index contributed by atoms with van der Waals surface area (Å²) in [6.07, 6.45) is 1.92. The predicted molar refractivity (Wildman–Crippen MR) is 88.2 cm³/mol. The van der Waals surface area contributed by atoms with Crippen LogP contribution in [0.1, 0.15) is 21.5 Å². The van der Waals surface area contributed by atoms with E-state index in [0.29, 0.717) is 0 Å². The van der Waals surface area contributed by atoms with Gasteiger partial charge in [0, 0.05) is 38.9 Å². The van der Waals surface area contributed by atoms with E-state index >= 15 is 0 Å². The largest absolute Gasteiger partial charge is 0.382 e. The van der Waals surface area contributed by atoms with E-state index in [1.165, 1.54) is 11.1 Å². The standard InChI is InChI=1S/C19H20N2O/c1-20(2)14-18(19(22)15-8-4-3-5-9-15)21-12-16-10-6-7-11-17(16)13-21/h3-11,14H,12-13H2,1-2H3. The molecule has 1 aliphatic rings. The number of Topliss-reactive ketones (excluding diaryl/α,β-unsaturated/α-hetero) is 1. The van der Waals surface area contributed by atoms with E-state index in [9.17, 15) is 4.79 Å². The van der Waals surface area contributed by atoms with Gasteiger partial charge in [-0.15, -0.1) is 0 Å². The highest BCUT2D eigenvalue weighted by molar-refractivity contribution is 6.08. The van der Waals surface area contributed by atoms with Gasteiger partial charge in [-0.25, -0.2) is 0 Å². The fraction of sp³-hybridized carbons (Fsp3) is 0.211. The molecule has 0 saturated carbocycles. The van der Waals surface area contributed by atoms with Crippen LogP contribution in [-0.4, -0.2) is 29.7 Å². The van der Waals surface area contributed by atoms with Crippen LogP contribution in [0.4, 0.5) is 0 Å². The van der Waals surface area contributed by atoms with Crippen molar-refractivity contribution in [2.45, 2.75) is 13.1 Å². The number of ketones is 1. The second kappa shape index (κ2) is 6.06. The van der Waals surface area contributed by atoms with E-state index in [-0.39, 0.29) is 5.78 Å². The minimum Gasteiger partial charge on any atom is -0.382 e. The number of rotatable bonds is 4. The third-order valence-corrected chi connectivity index (χ3v) is 3.83. The average Bonchev–Trinajstić information content (AvgIpc) is 2.96. The number of nitrogens with zero attached hydrogens (tertiary/aromatic N) is 2. The van der Waals surface area contributed by atoms with Crippen molar-refractivity contribution in [3.05, 3.63) is 83.2 Å². The van der Waals surface area contributed by atoms with Crippen molar-refractivity contribution < 1.29 is 4.79 Å². The molecule has 2 aromatic carbocycles. The van der Waals surface area contributed by atoms with Gasteiger partial charge in [-0.3, -0.25) is 4.79 Å². The number of allylic oxidation sites excluding steroid dienone is 1. The zero-order valence-electron chi connectivity index (χ0n) is 13.0. The molecule has 22 heavy (non-hydrogen) atoms. The molecule has 0 aliphatic carbocycles. The molecular formula is C19H20N2O. The lowest BCUT2D eigenvalue weighted by atomic mass is 10.1. The summed E-state index contributed by atoms with van der Waals surface area (Å²) in [5, 5.41) is 0. The Labute approximate surface area is 131 Å². The molecule has 0 N–H and O–H groups in total. The van der Waals surface area contributed by atoms with Crippen molar-refractivity contribution in [1.29, 1.82) is 0 Å². The van der Waals surface area contributed by atoms with E-state index < -0.39 is 0 Å². The van der Waals surface area contributed by atoms with Gasteiger partial charge in [-0.1, -0.05) is 54.6 Å². The lowest BCUT2D eigenvalue weighted by Crippen LogP contribution is -2.25. The Bertz CT molecular complexity index is 679. The van der Waals surface area contributed by atoms with Gasteiger partial charge in [0.15, 0.2) is 0 Å². The first-order valence-electron chi connectivity index (χ1n) is 7.45. The van der Waals surface area contributed by atoms with E-state index in [2.05, 4.69) is 29.2 Å². The first kappa shape index (κ1) is 14.4. The molecule has 0 spiro atoms. The van der Waals surface area contributed by atoms with Gasteiger partial charge >= 0.3 is 0 Å². The third-order valence-electron chi connectivity index (χ3n) is 3.83. The maximum absolute atomic E-state index is 12.9. The van der Waals surface area contributed by atoms with Gasteiger partial charge in [0.1, 0.15) is 5.70 Å². The number of hydrogen-bond acceptors (Lipinski definition) is 3. The van der Waals surface area contributed by atoms with E-state index in [1.54, 1.807) is 0 Å². The third kappa shape index (κ3) is 2.89. The molecule has 112 valence electrons. The van der Waals surface area contributed by atoms with Crippen molar-refractivity contribution in [3.63, 3.8) is 0 Å². The fourth-order valence-corrected chi connectivity index (χ4v) is 2.77. The zero-order chi connectivity index (χ0) is 15.5. The van der Waals surface area contributed by atoms with Crippen molar-refractivity contribution in [3.8, 4) is 0 Å². The van der Waals surface area contributed by atoms with Crippen LogP contribution in [0.15, 0.2) is 66.5 Å². The minimum absolute atomic E-state index is 0.0714. The molecule has 2 aromatic rings.